The van der Waals surface area contributed by atoms with E-state index in [9.17, 15) is 13.2 Å². The maximum absolute atomic E-state index is 13.0. The van der Waals surface area contributed by atoms with Crippen LogP contribution in [-0.2, 0) is 0 Å². The topological polar surface area (TPSA) is 39.2 Å². The van der Waals surface area contributed by atoms with Gasteiger partial charge >= 0.3 is 6.18 Å². The predicted molar refractivity (Wildman–Crippen MR) is 64.8 cm³/mol. The molecule has 1 aromatic heterocycles. The molecule has 3 unspecified atom stereocenters. The van der Waals surface area contributed by atoms with E-state index in [1.54, 1.807) is 6.07 Å². The minimum Gasteiger partial charge on any atom is -0.466 e. The molecule has 18 heavy (non-hydrogen) atoms. The molecule has 0 radical (unpaired) electrons. The molecule has 0 saturated heterocycles. The lowest BCUT2D eigenvalue weighted by Gasteiger charge is -2.35. The molecule has 0 aromatic carbocycles. The smallest absolute Gasteiger partial charge is 0.392 e. The summed E-state index contributed by atoms with van der Waals surface area (Å²) in [5, 5.41) is 0. The quantitative estimate of drug-likeness (QED) is 0.874. The molecule has 0 spiro atoms. The molecule has 1 aliphatic carbocycles. The van der Waals surface area contributed by atoms with Gasteiger partial charge in [-0.25, -0.2) is 0 Å². The normalized spacial score (nSPS) is 27.2. The largest absolute Gasteiger partial charge is 0.466 e. The van der Waals surface area contributed by atoms with E-state index < -0.39 is 24.1 Å². The first-order valence-electron chi connectivity index (χ1n) is 5.96. The Morgan fingerprint density at radius 3 is 2.56 bits per heavy atom. The van der Waals surface area contributed by atoms with Crippen molar-refractivity contribution in [3.05, 3.63) is 22.6 Å². The van der Waals surface area contributed by atoms with Gasteiger partial charge in [-0.3, -0.25) is 0 Å². The average molecular weight is 326 g/mol. The fourth-order valence-corrected chi connectivity index (χ4v) is 3.20. The molecule has 0 aliphatic heterocycles. The Labute approximate surface area is 112 Å². The summed E-state index contributed by atoms with van der Waals surface area (Å²) in [4.78, 5) is 0. The van der Waals surface area contributed by atoms with Gasteiger partial charge in [-0.05, 0) is 40.8 Å². The standard InChI is InChI=1S/C12H15BrF3NO/c13-9-5-6-18-11(9)10(17)7-3-1-2-4-8(7)12(14,15)16/h5-8,10H,1-4,17H2. The van der Waals surface area contributed by atoms with Gasteiger partial charge < -0.3 is 10.2 Å². The van der Waals surface area contributed by atoms with E-state index >= 15 is 0 Å². The van der Waals surface area contributed by atoms with Crippen LogP contribution in [0.3, 0.4) is 0 Å². The minimum atomic E-state index is -4.18. The lowest BCUT2D eigenvalue weighted by Crippen LogP contribution is -2.38. The molecule has 102 valence electrons. The van der Waals surface area contributed by atoms with Crippen molar-refractivity contribution in [1.29, 1.82) is 0 Å². The second-order valence-corrected chi connectivity index (χ2v) is 5.61. The Morgan fingerprint density at radius 1 is 1.33 bits per heavy atom. The van der Waals surface area contributed by atoms with Gasteiger partial charge in [0, 0.05) is 0 Å². The molecule has 1 fully saturated rings. The molecule has 1 aliphatic rings. The molecule has 0 amide bonds. The molecule has 1 aromatic rings. The Balaban J connectivity index is 2.22. The Hall–Kier alpha value is -0.490. The van der Waals surface area contributed by atoms with Crippen molar-refractivity contribution in [3.63, 3.8) is 0 Å². The van der Waals surface area contributed by atoms with E-state index in [1.165, 1.54) is 6.26 Å². The highest BCUT2D eigenvalue weighted by molar-refractivity contribution is 9.10. The lowest BCUT2D eigenvalue weighted by atomic mass is 9.74. The van der Waals surface area contributed by atoms with E-state index in [-0.39, 0.29) is 6.42 Å². The zero-order valence-electron chi connectivity index (χ0n) is 9.71. The lowest BCUT2D eigenvalue weighted by molar-refractivity contribution is -0.199. The first-order valence-corrected chi connectivity index (χ1v) is 6.75. The SMILES string of the molecule is NC(c1occc1Br)C1CCCCC1C(F)(F)F. The Bertz CT molecular complexity index is 404. The molecule has 0 bridgehead atoms. The van der Waals surface area contributed by atoms with Crippen molar-refractivity contribution in [2.45, 2.75) is 37.9 Å². The third-order valence-electron chi connectivity index (χ3n) is 3.65. The summed E-state index contributed by atoms with van der Waals surface area (Å²) in [5.74, 6) is -1.50. The van der Waals surface area contributed by atoms with Crippen molar-refractivity contribution in [3.8, 4) is 0 Å². The molecule has 6 heteroatoms. The van der Waals surface area contributed by atoms with Crippen LogP contribution in [0.2, 0.25) is 0 Å². The number of hydrogen-bond donors (Lipinski definition) is 1. The Kier molecular flexibility index (Phi) is 4.06. The summed E-state index contributed by atoms with van der Waals surface area (Å²) in [5.41, 5.74) is 5.98. The van der Waals surface area contributed by atoms with Crippen molar-refractivity contribution in [2.24, 2.45) is 17.6 Å². The third kappa shape index (κ3) is 2.74. The van der Waals surface area contributed by atoms with Crippen LogP contribution in [0.15, 0.2) is 21.2 Å². The highest BCUT2D eigenvalue weighted by Crippen LogP contribution is 2.46. The van der Waals surface area contributed by atoms with Gasteiger partial charge in [0.05, 0.1) is 22.7 Å². The summed E-state index contributed by atoms with van der Waals surface area (Å²) >= 11 is 3.25. The van der Waals surface area contributed by atoms with Crippen LogP contribution < -0.4 is 5.73 Å². The maximum atomic E-state index is 13.0. The Morgan fingerprint density at radius 2 is 2.00 bits per heavy atom. The summed E-state index contributed by atoms with van der Waals surface area (Å²) in [6.07, 6.45) is -0.666. The average Bonchev–Trinajstić information content (AvgIpc) is 2.73. The van der Waals surface area contributed by atoms with Crippen LogP contribution >= 0.6 is 15.9 Å². The second-order valence-electron chi connectivity index (χ2n) is 4.75. The third-order valence-corrected chi connectivity index (χ3v) is 4.30. The predicted octanol–water partition coefficient (Wildman–Crippen LogP) is 4.41. The first-order chi connectivity index (χ1) is 8.41. The zero-order chi connectivity index (χ0) is 13.3. The number of hydrogen-bond acceptors (Lipinski definition) is 2. The van der Waals surface area contributed by atoms with Gasteiger partial charge in [-0.15, -0.1) is 0 Å². The molecule has 3 atom stereocenters. The van der Waals surface area contributed by atoms with E-state index in [0.717, 1.165) is 6.42 Å². The van der Waals surface area contributed by atoms with Crippen LogP contribution in [0.5, 0.6) is 0 Å². The summed E-state index contributed by atoms with van der Waals surface area (Å²) < 4.78 is 44.8. The molecule has 1 saturated carbocycles. The van der Waals surface area contributed by atoms with Gasteiger partial charge in [0.15, 0.2) is 0 Å². The van der Waals surface area contributed by atoms with Gasteiger partial charge in [0.2, 0.25) is 0 Å². The minimum absolute atomic E-state index is 0.167. The van der Waals surface area contributed by atoms with E-state index in [2.05, 4.69) is 15.9 Å². The highest BCUT2D eigenvalue weighted by atomic mass is 79.9. The first kappa shape index (κ1) is 13.9. The van der Waals surface area contributed by atoms with Gasteiger partial charge in [0.1, 0.15) is 5.76 Å². The second kappa shape index (κ2) is 5.25. The molecule has 2 N–H and O–H groups in total. The molecule has 1 heterocycles. The van der Waals surface area contributed by atoms with Crippen molar-refractivity contribution < 1.29 is 17.6 Å². The number of furan rings is 1. The van der Waals surface area contributed by atoms with Crippen LogP contribution in [-0.4, -0.2) is 6.18 Å². The fraction of sp³-hybridized carbons (Fsp3) is 0.667. The molecule has 2 rings (SSSR count). The van der Waals surface area contributed by atoms with Crippen LogP contribution in [0.1, 0.15) is 37.5 Å². The highest BCUT2D eigenvalue weighted by Gasteiger charge is 2.48. The van der Waals surface area contributed by atoms with Crippen LogP contribution in [0, 0.1) is 11.8 Å². The van der Waals surface area contributed by atoms with Crippen LogP contribution in [0.4, 0.5) is 13.2 Å². The molecular weight excluding hydrogens is 311 g/mol. The monoisotopic (exact) mass is 325 g/mol. The van der Waals surface area contributed by atoms with Gasteiger partial charge in [0.25, 0.3) is 0 Å². The zero-order valence-corrected chi connectivity index (χ0v) is 11.3. The maximum Gasteiger partial charge on any atom is 0.392 e. The number of rotatable bonds is 2. The number of nitrogens with two attached hydrogens (primary N) is 1. The van der Waals surface area contributed by atoms with Crippen molar-refractivity contribution >= 4 is 15.9 Å². The number of alkyl halides is 3. The summed E-state index contributed by atoms with van der Waals surface area (Å²) in [7, 11) is 0. The van der Waals surface area contributed by atoms with E-state index in [1.807, 2.05) is 0 Å². The number of halogens is 4. The van der Waals surface area contributed by atoms with Gasteiger partial charge in [-0.2, -0.15) is 13.2 Å². The molecular formula is C12H15BrF3NO. The van der Waals surface area contributed by atoms with Crippen LogP contribution in [0.25, 0.3) is 0 Å². The van der Waals surface area contributed by atoms with Crippen molar-refractivity contribution in [2.75, 3.05) is 0 Å². The van der Waals surface area contributed by atoms with Crippen molar-refractivity contribution in [1.82, 2.24) is 0 Å². The van der Waals surface area contributed by atoms with E-state index in [4.69, 9.17) is 10.2 Å². The molecule has 2 nitrogen and oxygen atoms in total. The van der Waals surface area contributed by atoms with E-state index in [0.29, 0.717) is 23.1 Å². The van der Waals surface area contributed by atoms with Gasteiger partial charge in [-0.1, -0.05) is 12.8 Å². The fourth-order valence-electron chi connectivity index (χ4n) is 2.73. The summed E-state index contributed by atoms with van der Waals surface area (Å²) in [6, 6.07) is 0.946. The summed E-state index contributed by atoms with van der Waals surface area (Å²) in [6.45, 7) is 0.